The van der Waals surface area contributed by atoms with Crippen LogP contribution in [-0.4, -0.2) is 25.0 Å². The van der Waals surface area contributed by atoms with Crippen molar-refractivity contribution in [3.05, 3.63) is 64.7 Å². The van der Waals surface area contributed by atoms with Crippen LogP contribution in [0.1, 0.15) is 28.4 Å². The summed E-state index contributed by atoms with van der Waals surface area (Å²) in [5.74, 6) is -0.510. The fourth-order valence-corrected chi connectivity index (χ4v) is 2.64. The minimum absolute atomic E-state index is 0.0377. The lowest BCUT2D eigenvalue weighted by Gasteiger charge is -2.08. The summed E-state index contributed by atoms with van der Waals surface area (Å²) in [5, 5.41) is 0. The number of halogens is 1. The molecule has 0 aliphatic carbocycles. The second kappa shape index (κ2) is 7.39. The van der Waals surface area contributed by atoms with Gasteiger partial charge in [0.25, 0.3) is 0 Å². The number of Topliss-reactive ketones (excluding diaryl/α,β-unsaturated/α-hetero) is 1. The van der Waals surface area contributed by atoms with E-state index in [1.165, 1.54) is 18.2 Å². The monoisotopic (exact) mass is 356 g/mol. The Kier molecular flexibility index (Phi) is 5.02. The average molecular weight is 356 g/mol. The number of aryl methyl sites for hydroxylation is 1. The molecule has 0 unspecified atom stereocenters. The van der Waals surface area contributed by atoms with Gasteiger partial charge >= 0.3 is 5.97 Å². The molecule has 5 nitrogen and oxygen atoms in total. The molecular weight excluding hydrogens is 339 g/mol. The van der Waals surface area contributed by atoms with Crippen LogP contribution in [0, 0.1) is 12.7 Å². The van der Waals surface area contributed by atoms with Gasteiger partial charge in [0.2, 0.25) is 5.78 Å². The highest BCUT2D eigenvalue weighted by atomic mass is 19.1. The summed E-state index contributed by atoms with van der Waals surface area (Å²) in [6, 6.07) is 9.29. The molecule has 1 aliphatic heterocycles. The van der Waals surface area contributed by atoms with Gasteiger partial charge in [0.15, 0.2) is 12.4 Å². The first-order chi connectivity index (χ1) is 12.5. The Hall–Kier alpha value is -3.15. The van der Waals surface area contributed by atoms with Crippen molar-refractivity contribution < 1.29 is 28.2 Å². The fraction of sp³-hybridized carbons (Fsp3) is 0.200. The van der Waals surface area contributed by atoms with Gasteiger partial charge in [-0.1, -0.05) is 18.2 Å². The van der Waals surface area contributed by atoms with E-state index in [4.69, 9.17) is 14.2 Å². The van der Waals surface area contributed by atoms with Crippen LogP contribution < -0.4 is 9.47 Å². The van der Waals surface area contributed by atoms with E-state index in [9.17, 15) is 14.0 Å². The number of esters is 1. The first-order valence-electron chi connectivity index (χ1n) is 8.11. The van der Waals surface area contributed by atoms with Crippen molar-refractivity contribution >= 4 is 17.8 Å². The predicted octanol–water partition coefficient (Wildman–Crippen LogP) is 3.69. The lowest BCUT2D eigenvalue weighted by Crippen LogP contribution is -2.14. The van der Waals surface area contributed by atoms with Gasteiger partial charge in [-0.3, -0.25) is 4.79 Å². The van der Waals surface area contributed by atoms with Crippen LogP contribution >= 0.6 is 0 Å². The SMILES string of the molecule is CCOC(=O)COc1cc(C)c2c(c1)O/C(=C\c1ccccc1F)C2=O. The minimum atomic E-state index is -0.484. The van der Waals surface area contributed by atoms with Gasteiger partial charge < -0.3 is 14.2 Å². The summed E-state index contributed by atoms with van der Waals surface area (Å²) in [5.41, 5.74) is 1.31. The summed E-state index contributed by atoms with van der Waals surface area (Å²) in [6.07, 6.45) is 1.37. The van der Waals surface area contributed by atoms with Gasteiger partial charge in [0.05, 0.1) is 12.2 Å². The lowest BCUT2D eigenvalue weighted by molar-refractivity contribution is -0.145. The molecule has 134 valence electrons. The van der Waals surface area contributed by atoms with Crippen molar-refractivity contribution in [2.24, 2.45) is 0 Å². The van der Waals surface area contributed by atoms with Gasteiger partial charge in [-0.15, -0.1) is 0 Å². The highest BCUT2D eigenvalue weighted by Crippen LogP contribution is 2.37. The maximum absolute atomic E-state index is 13.8. The quantitative estimate of drug-likeness (QED) is 0.604. The average Bonchev–Trinajstić information content (AvgIpc) is 2.91. The van der Waals surface area contributed by atoms with E-state index >= 15 is 0 Å². The number of carbonyl (C=O) groups is 2. The van der Waals surface area contributed by atoms with E-state index in [0.29, 0.717) is 22.6 Å². The highest BCUT2D eigenvalue weighted by molar-refractivity contribution is 6.15. The Morgan fingerprint density at radius 3 is 2.77 bits per heavy atom. The molecule has 1 heterocycles. The first-order valence-corrected chi connectivity index (χ1v) is 8.11. The van der Waals surface area contributed by atoms with Crippen LogP contribution in [0.5, 0.6) is 11.5 Å². The number of rotatable bonds is 5. The Balaban J connectivity index is 1.84. The molecule has 0 saturated heterocycles. The molecule has 0 N–H and O–H groups in total. The summed E-state index contributed by atoms with van der Waals surface area (Å²) < 4.78 is 29.6. The van der Waals surface area contributed by atoms with Gasteiger partial charge in [0.1, 0.15) is 17.3 Å². The van der Waals surface area contributed by atoms with E-state index in [1.807, 2.05) is 0 Å². The summed E-state index contributed by atoms with van der Waals surface area (Å²) in [6.45, 7) is 3.48. The fourth-order valence-electron chi connectivity index (χ4n) is 2.64. The molecule has 0 fully saturated rings. The third-order valence-electron chi connectivity index (χ3n) is 3.80. The summed E-state index contributed by atoms with van der Waals surface area (Å²) in [4.78, 5) is 24.0. The molecule has 26 heavy (non-hydrogen) atoms. The van der Waals surface area contributed by atoms with Crippen molar-refractivity contribution in [3.63, 3.8) is 0 Å². The maximum Gasteiger partial charge on any atom is 0.344 e. The number of hydrogen-bond donors (Lipinski definition) is 0. The molecule has 0 amide bonds. The number of carbonyl (C=O) groups excluding carboxylic acids is 2. The molecule has 0 saturated carbocycles. The number of fused-ring (bicyclic) bond motifs is 1. The molecule has 2 aromatic carbocycles. The van der Waals surface area contributed by atoms with E-state index in [-0.39, 0.29) is 30.3 Å². The number of hydrogen-bond acceptors (Lipinski definition) is 5. The van der Waals surface area contributed by atoms with Crippen molar-refractivity contribution in [2.75, 3.05) is 13.2 Å². The normalized spacial score (nSPS) is 14.1. The number of ketones is 1. The number of allylic oxidation sites excluding steroid dienone is 1. The van der Waals surface area contributed by atoms with Crippen molar-refractivity contribution in [3.8, 4) is 11.5 Å². The smallest absolute Gasteiger partial charge is 0.344 e. The Bertz CT molecular complexity index is 901. The van der Waals surface area contributed by atoms with Gasteiger partial charge in [-0.2, -0.15) is 0 Å². The molecule has 1 aliphatic rings. The molecule has 0 radical (unpaired) electrons. The van der Waals surface area contributed by atoms with E-state index < -0.39 is 11.8 Å². The van der Waals surface area contributed by atoms with Crippen LogP contribution in [0.2, 0.25) is 0 Å². The lowest BCUT2D eigenvalue weighted by atomic mass is 10.0. The Morgan fingerprint density at radius 2 is 2.04 bits per heavy atom. The Morgan fingerprint density at radius 1 is 1.27 bits per heavy atom. The van der Waals surface area contributed by atoms with Crippen molar-refractivity contribution in [1.82, 2.24) is 0 Å². The van der Waals surface area contributed by atoms with Gasteiger partial charge in [0, 0.05) is 11.6 Å². The zero-order chi connectivity index (χ0) is 18.7. The van der Waals surface area contributed by atoms with Gasteiger partial charge in [-0.05, 0) is 37.6 Å². The van der Waals surface area contributed by atoms with E-state index in [2.05, 4.69) is 0 Å². The molecule has 0 aromatic heterocycles. The number of benzene rings is 2. The molecule has 0 atom stereocenters. The molecule has 0 bridgehead atoms. The van der Waals surface area contributed by atoms with Gasteiger partial charge in [-0.25, -0.2) is 9.18 Å². The van der Waals surface area contributed by atoms with Crippen LogP contribution in [0.25, 0.3) is 6.08 Å². The highest BCUT2D eigenvalue weighted by Gasteiger charge is 2.30. The van der Waals surface area contributed by atoms with E-state index in [1.54, 1.807) is 38.1 Å². The van der Waals surface area contributed by atoms with Crippen LogP contribution in [-0.2, 0) is 9.53 Å². The largest absolute Gasteiger partial charge is 0.482 e. The summed E-state index contributed by atoms with van der Waals surface area (Å²) in [7, 11) is 0. The van der Waals surface area contributed by atoms with Crippen molar-refractivity contribution in [1.29, 1.82) is 0 Å². The van der Waals surface area contributed by atoms with Crippen molar-refractivity contribution in [2.45, 2.75) is 13.8 Å². The molecule has 6 heteroatoms. The zero-order valence-electron chi connectivity index (χ0n) is 14.4. The Labute approximate surface area is 150 Å². The molecular formula is C20H17FO5. The maximum atomic E-state index is 13.8. The predicted molar refractivity (Wildman–Crippen MR) is 92.6 cm³/mol. The second-order valence-corrected chi connectivity index (χ2v) is 5.67. The molecule has 2 aromatic rings. The molecule has 3 rings (SSSR count). The van der Waals surface area contributed by atoms with Crippen LogP contribution in [0.15, 0.2) is 42.2 Å². The van der Waals surface area contributed by atoms with Crippen LogP contribution in [0.3, 0.4) is 0 Å². The third kappa shape index (κ3) is 3.59. The minimum Gasteiger partial charge on any atom is -0.482 e. The number of ether oxygens (including phenoxy) is 3. The van der Waals surface area contributed by atoms with E-state index in [0.717, 1.165) is 0 Å². The summed E-state index contributed by atoms with van der Waals surface area (Å²) >= 11 is 0. The first kappa shape index (κ1) is 17.7. The third-order valence-corrected chi connectivity index (χ3v) is 3.80. The second-order valence-electron chi connectivity index (χ2n) is 5.67. The standard InChI is InChI=1S/C20H17FO5/c1-3-24-18(22)11-25-14-8-12(2)19-16(10-14)26-17(20(19)23)9-13-6-4-5-7-15(13)21/h4-10H,3,11H2,1-2H3/b17-9-. The van der Waals surface area contributed by atoms with Crippen LogP contribution in [0.4, 0.5) is 4.39 Å². The topological polar surface area (TPSA) is 61.8 Å². The zero-order valence-corrected chi connectivity index (χ0v) is 14.4. The molecule has 0 spiro atoms.